The first-order valence-corrected chi connectivity index (χ1v) is 22.3. The van der Waals surface area contributed by atoms with Crippen molar-refractivity contribution in [1.29, 1.82) is 0 Å². The molecule has 0 spiro atoms. The molecule has 6 rings (SSSR count). The van der Waals surface area contributed by atoms with Crippen molar-refractivity contribution in [3.05, 3.63) is 131 Å². The highest BCUT2D eigenvalue weighted by Gasteiger charge is 2.19. The zero-order chi connectivity index (χ0) is 47.7. The summed E-state index contributed by atoms with van der Waals surface area (Å²) in [5, 5.41) is 15.0. The van der Waals surface area contributed by atoms with Crippen LogP contribution in [0.1, 0.15) is 42.6 Å². The fourth-order valence-electron chi connectivity index (χ4n) is 7.23. The first kappa shape index (κ1) is 49.7. The molecule has 17 heteroatoms. The highest BCUT2D eigenvalue weighted by molar-refractivity contribution is 6.30. The lowest BCUT2D eigenvalue weighted by molar-refractivity contribution is -0.112. The number of carbonyl (C=O) groups is 2. The molecule has 0 fully saturated rings. The SMILES string of the molecule is CCOc1cc2ncnc(N[C@H](COC)c3ccc(Cl)cc3)c2cc1NC(=O)/C=C/CN(C)Cc1ccc([C@@H](COC)Nc2ncnc3cc(OCC)c(NC(=O)/C=C/CN(C)C)cc23)cc1. The number of anilines is 4. The summed E-state index contributed by atoms with van der Waals surface area (Å²) < 4.78 is 23.0. The summed E-state index contributed by atoms with van der Waals surface area (Å²) in [6.45, 7) is 7.13. The average molecular weight is 932 g/mol. The van der Waals surface area contributed by atoms with E-state index < -0.39 is 0 Å². The largest absolute Gasteiger partial charge is 0.492 e. The van der Waals surface area contributed by atoms with Crippen LogP contribution in [0, 0.1) is 0 Å². The van der Waals surface area contributed by atoms with Crippen LogP contribution in [-0.2, 0) is 25.6 Å². The van der Waals surface area contributed by atoms with E-state index >= 15 is 0 Å². The molecule has 0 aliphatic carbocycles. The summed E-state index contributed by atoms with van der Waals surface area (Å²) in [5.41, 5.74) is 5.38. The molecule has 0 aliphatic rings. The lowest BCUT2D eigenvalue weighted by Crippen LogP contribution is -2.19. The van der Waals surface area contributed by atoms with Crippen LogP contribution < -0.4 is 30.7 Å². The molecule has 0 saturated heterocycles. The molecular formula is C50H59ClN10O6. The lowest BCUT2D eigenvalue weighted by atomic mass is 10.0. The van der Waals surface area contributed by atoms with Gasteiger partial charge in [-0.05, 0) is 75.9 Å². The quantitative estimate of drug-likeness (QED) is 0.0426. The highest BCUT2D eigenvalue weighted by Crippen LogP contribution is 2.35. The number of rotatable bonds is 24. The van der Waals surface area contributed by atoms with E-state index in [9.17, 15) is 9.59 Å². The van der Waals surface area contributed by atoms with Crippen molar-refractivity contribution >= 4 is 68.2 Å². The molecule has 2 heterocycles. The number of ether oxygens (including phenoxy) is 4. The molecule has 0 unspecified atom stereocenters. The number of likely N-dealkylation sites (N-methyl/N-ethyl adjacent to an activating group) is 2. The van der Waals surface area contributed by atoms with Gasteiger partial charge in [-0.15, -0.1) is 0 Å². The molecule has 0 saturated carbocycles. The van der Waals surface area contributed by atoms with Crippen LogP contribution in [0.25, 0.3) is 21.8 Å². The van der Waals surface area contributed by atoms with Crippen LogP contribution in [0.4, 0.5) is 23.0 Å². The topological polar surface area (TPSA) is 177 Å². The van der Waals surface area contributed by atoms with Gasteiger partial charge in [0.2, 0.25) is 11.8 Å². The average Bonchev–Trinajstić information content (AvgIpc) is 3.30. The van der Waals surface area contributed by atoms with E-state index in [0.717, 1.165) is 16.7 Å². The zero-order valence-corrected chi connectivity index (χ0v) is 39.8. The van der Waals surface area contributed by atoms with Crippen LogP contribution in [0.15, 0.2) is 110 Å². The summed E-state index contributed by atoms with van der Waals surface area (Å²) in [6, 6.07) is 22.6. The summed E-state index contributed by atoms with van der Waals surface area (Å²) in [4.78, 5) is 48.3. The van der Waals surface area contributed by atoms with Gasteiger partial charge in [-0.1, -0.05) is 60.2 Å². The predicted octanol–water partition coefficient (Wildman–Crippen LogP) is 8.31. The van der Waals surface area contributed by atoms with E-state index in [4.69, 9.17) is 30.5 Å². The smallest absolute Gasteiger partial charge is 0.248 e. The normalized spacial score (nSPS) is 12.6. The van der Waals surface area contributed by atoms with Crippen molar-refractivity contribution in [2.75, 3.05) is 96.1 Å². The first-order valence-electron chi connectivity index (χ1n) is 21.9. The van der Waals surface area contributed by atoms with Crippen LogP contribution in [-0.4, -0.2) is 116 Å². The number of hydrogen-bond acceptors (Lipinski definition) is 14. The van der Waals surface area contributed by atoms with Crippen molar-refractivity contribution in [1.82, 2.24) is 29.7 Å². The maximum Gasteiger partial charge on any atom is 0.248 e. The Labute approximate surface area is 396 Å². The Morgan fingerprint density at radius 1 is 0.657 bits per heavy atom. The van der Waals surface area contributed by atoms with Gasteiger partial charge in [0.25, 0.3) is 0 Å². The van der Waals surface area contributed by atoms with Crippen molar-refractivity contribution in [3.8, 4) is 11.5 Å². The first-order chi connectivity index (χ1) is 32.5. The minimum Gasteiger partial charge on any atom is -0.492 e. The lowest BCUT2D eigenvalue weighted by Gasteiger charge is -2.21. The van der Waals surface area contributed by atoms with Crippen LogP contribution in [0.5, 0.6) is 11.5 Å². The standard InChI is InChI=1S/C50H59ClN10O6/c1-8-66-45-26-39-37(24-41(45)56-47(62)12-10-22-60(3)4)49(54-31-52-39)58-43(29-64-6)34-16-14-33(15-17-34)28-61(5)23-11-13-48(63)57-42-25-38-40(27-46(42)67-9-2)53-32-55-50(38)59-44(30-65-7)35-18-20-36(51)21-19-35/h10-21,24-27,31-32,43-44H,8-9,22-23,28-30H2,1-7H3,(H,56,62)(H,57,63)(H,52,54,58)(H,53,55,59)/b12-10+,13-11+/t43-,44-/m1/s1. The molecule has 352 valence electrons. The number of nitrogens with zero attached hydrogens (tertiary/aromatic N) is 6. The number of fused-ring (bicyclic) bond motifs is 2. The second-order valence-corrected chi connectivity index (χ2v) is 16.3. The Balaban J connectivity index is 1.10. The number of benzene rings is 4. The molecule has 2 aromatic heterocycles. The molecule has 0 aliphatic heterocycles. The van der Waals surface area contributed by atoms with Gasteiger partial charge in [0.15, 0.2) is 0 Å². The van der Waals surface area contributed by atoms with E-state index in [2.05, 4.69) is 70.4 Å². The molecule has 4 aromatic carbocycles. The van der Waals surface area contributed by atoms with E-state index in [-0.39, 0.29) is 23.9 Å². The number of methoxy groups -OCH3 is 2. The monoisotopic (exact) mass is 930 g/mol. The van der Waals surface area contributed by atoms with Crippen molar-refractivity contribution < 1.29 is 28.5 Å². The van der Waals surface area contributed by atoms with Gasteiger partial charge in [-0.3, -0.25) is 14.5 Å². The molecular weight excluding hydrogens is 872 g/mol. The third kappa shape index (κ3) is 14.2. The van der Waals surface area contributed by atoms with Gasteiger partial charge in [0, 0.05) is 73.9 Å². The maximum atomic E-state index is 13.3. The Morgan fingerprint density at radius 3 is 1.57 bits per heavy atom. The number of hydrogen-bond donors (Lipinski definition) is 4. The zero-order valence-electron chi connectivity index (χ0n) is 39.0. The predicted molar refractivity (Wildman–Crippen MR) is 266 cm³/mol. The minimum absolute atomic E-state index is 0.224. The third-order valence-corrected chi connectivity index (χ3v) is 10.7. The van der Waals surface area contributed by atoms with Gasteiger partial charge in [0.1, 0.15) is 35.8 Å². The molecule has 4 N–H and O–H groups in total. The van der Waals surface area contributed by atoms with Gasteiger partial charge in [-0.25, -0.2) is 19.9 Å². The number of carbonyl (C=O) groups excluding carboxylic acids is 2. The summed E-state index contributed by atoms with van der Waals surface area (Å²) >= 11 is 6.15. The second kappa shape index (κ2) is 24.7. The minimum atomic E-state index is -0.306. The fraction of sp³-hybridized carbons (Fsp3) is 0.320. The number of aromatic nitrogens is 4. The Bertz CT molecular complexity index is 2650. The molecule has 6 aromatic rings. The summed E-state index contributed by atoms with van der Waals surface area (Å²) in [5.74, 6) is 1.60. The van der Waals surface area contributed by atoms with Crippen LogP contribution in [0.3, 0.4) is 0 Å². The highest BCUT2D eigenvalue weighted by atomic mass is 35.5. The molecule has 0 bridgehead atoms. The van der Waals surface area contributed by atoms with Crippen molar-refractivity contribution in [2.45, 2.75) is 32.5 Å². The number of halogens is 1. The Hall–Kier alpha value is -6.69. The molecule has 0 radical (unpaired) electrons. The molecule has 2 amide bonds. The van der Waals surface area contributed by atoms with E-state index in [1.54, 1.807) is 32.4 Å². The number of nitrogens with one attached hydrogen (secondary N) is 4. The van der Waals surface area contributed by atoms with Crippen molar-refractivity contribution in [2.24, 2.45) is 0 Å². The van der Waals surface area contributed by atoms with Crippen LogP contribution in [0.2, 0.25) is 5.02 Å². The molecule has 2 atom stereocenters. The van der Waals surface area contributed by atoms with Gasteiger partial charge < -0.3 is 45.1 Å². The molecule has 16 nitrogen and oxygen atoms in total. The third-order valence-electron chi connectivity index (χ3n) is 10.4. The fourth-order valence-corrected chi connectivity index (χ4v) is 7.36. The second-order valence-electron chi connectivity index (χ2n) is 15.9. The van der Waals surface area contributed by atoms with Crippen LogP contribution >= 0.6 is 11.6 Å². The summed E-state index contributed by atoms with van der Waals surface area (Å²) in [6.07, 6.45) is 9.63. The number of amides is 2. The van der Waals surface area contributed by atoms with E-state index in [1.165, 1.54) is 24.8 Å². The van der Waals surface area contributed by atoms with Gasteiger partial charge in [0.05, 0.1) is 60.9 Å². The van der Waals surface area contributed by atoms with E-state index in [1.807, 2.05) is 82.4 Å². The van der Waals surface area contributed by atoms with Gasteiger partial charge >= 0.3 is 0 Å². The maximum absolute atomic E-state index is 13.3. The van der Waals surface area contributed by atoms with E-state index in [0.29, 0.717) is 107 Å². The van der Waals surface area contributed by atoms with Crippen molar-refractivity contribution in [3.63, 3.8) is 0 Å². The Kier molecular flexibility index (Phi) is 18.4. The Morgan fingerprint density at radius 2 is 1.12 bits per heavy atom. The van der Waals surface area contributed by atoms with Gasteiger partial charge in [-0.2, -0.15) is 0 Å². The molecule has 67 heavy (non-hydrogen) atoms. The summed E-state index contributed by atoms with van der Waals surface area (Å²) in [7, 11) is 9.16.